The summed E-state index contributed by atoms with van der Waals surface area (Å²) in [5.74, 6) is 1.50. The molecule has 0 fully saturated rings. The molecule has 1 N–H and O–H groups in total. The normalized spacial score (nSPS) is 16.0. The summed E-state index contributed by atoms with van der Waals surface area (Å²) in [5, 5.41) is 3.44. The van der Waals surface area contributed by atoms with Crippen molar-refractivity contribution in [3.05, 3.63) is 72.4 Å². The molecule has 3 aromatic heterocycles. The van der Waals surface area contributed by atoms with Crippen molar-refractivity contribution in [2.45, 2.75) is 13.0 Å². The van der Waals surface area contributed by atoms with Gasteiger partial charge in [-0.25, -0.2) is 9.97 Å². The highest BCUT2D eigenvalue weighted by Crippen LogP contribution is 2.37. The van der Waals surface area contributed by atoms with Crippen LogP contribution in [-0.4, -0.2) is 25.9 Å². The smallest absolute Gasteiger partial charge is 0.234 e. The number of para-hydroxylation sites is 2. The molecule has 6 nitrogen and oxygen atoms in total. The molecular weight excluding hydrogens is 326 g/mol. The van der Waals surface area contributed by atoms with E-state index in [4.69, 9.17) is 9.72 Å². The number of ether oxygens (including phenoxy) is 1. The van der Waals surface area contributed by atoms with E-state index in [0.29, 0.717) is 12.3 Å². The number of nitrogens with zero attached hydrogens (tertiary/aromatic N) is 4. The largest absolute Gasteiger partial charge is 0.480 e. The number of anilines is 1. The van der Waals surface area contributed by atoms with Gasteiger partial charge >= 0.3 is 0 Å². The summed E-state index contributed by atoms with van der Waals surface area (Å²) in [5.41, 5.74) is 5.05. The molecule has 5 rings (SSSR count). The Morgan fingerprint density at radius 3 is 3.00 bits per heavy atom. The SMILES string of the molecule is Cc1cnccc1-c1c(C2CNc3ccccc3O2)nc2ncccn12. The Hall–Kier alpha value is -3.41. The zero-order valence-electron chi connectivity index (χ0n) is 14.3. The lowest BCUT2D eigenvalue weighted by molar-refractivity contribution is 0.207. The van der Waals surface area contributed by atoms with Crippen LogP contribution >= 0.6 is 0 Å². The van der Waals surface area contributed by atoms with Crippen LogP contribution in [0, 0.1) is 6.92 Å². The van der Waals surface area contributed by atoms with Gasteiger partial charge in [0.1, 0.15) is 11.4 Å². The van der Waals surface area contributed by atoms with Crippen molar-refractivity contribution in [2.75, 3.05) is 11.9 Å². The van der Waals surface area contributed by atoms with Crippen LogP contribution in [0.5, 0.6) is 5.75 Å². The van der Waals surface area contributed by atoms with E-state index in [-0.39, 0.29) is 6.10 Å². The standard InChI is InChI=1S/C20H17N5O/c1-13-11-21-9-7-14(13)19-18(24-20-22-8-4-10-25(19)20)17-12-23-15-5-2-3-6-16(15)26-17/h2-11,17,23H,12H2,1H3. The molecule has 1 aliphatic heterocycles. The van der Waals surface area contributed by atoms with E-state index < -0.39 is 0 Å². The van der Waals surface area contributed by atoms with E-state index in [0.717, 1.165) is 34.0 Å². The topological polar surface area (TPSA) is 64.3 Å². The maximum Gasteiger partial charge on any atom is 0.234 e. The van der Waals surface area contributed by atoms with Crippen LogP contribution < -0.4 is 10.1 Å². The quantitative estimate of drug-likeness (QED) is 0.602. The highest BCUT2D eigenvalue weighted by Gasteiger charge is 2.28. The maximum absolute atomic E-state index is 6.27. The number of benzene rings is 1. The molecule has 0 amide bonds. The van der Waals surface area contributed by atoms with Gasteiger partial charge in [0.05, 0.1) is 17.9 Å². The predicted molar refractivity (Wildman–Crippen MR) is 99.3 cm³/mol. The van der Waals surface area contributed by atoms with Crippen molar-refractivity contribution in [2.24, 2.45) is 0 Å². The minimum Gasteiger partial charge on any atom is -0.480 e. The number of rotatable bonds is 2. The Balaban J connectivity index is 1.69. The third-order valence-corrected chi connectivity index (χ3v) is 4.65. The van der Waals surface area contributed by atoms with Gasteiger partial charge in [-0.2, -0.15) is 0 Å². The first-order valence-electron chi connectivity index (χ1n) is 8.55. The number of fused-ring (bicyclic) bond motifs is 2. The maximum atomic E-state index is 6.27. The van der Waals surface area contributed by atoms with Crippen LogP contribution in [0.4, 0.5) is 5.69 Å². The first-order chi connectivity index (χ1) is 12.8. The summed E-state index contributed by atoms with van der Waals surface area (Å²) in [7, 11) is 0. The number of aromatic nitrogens is 4. The van der Waals surface area contributed by atoms with Crippen molar-refractivity contribution < 1.29 is 4.74 Å². The fourth-order valence-corrected chi connectivity index (χ4v) is 3.40. The Bertz CT molecular complexity index is 1100. The van der Waals surface area contributed by atoms with Crippen LogP contribution in [0.15, 0.2) is 61.2 Å². The molecule has 1 unspecified atom stereocenters. The Morgan fingerprint density at radius 1 is 1.15 bits per heavy atom. The molecule has 1 atom stereocenters. The number of pyridine rings is 1. The lowest BCUT2D eigenvalue weighted by Crippen LogP contribution is -2.24. The highest BCUT2D eigenvalue weighted by molar-refractivity contribution is 5.70. The van der Waals surface area contributed by atoms with Crippen LogP contribution in [0.2, 0.25) is 0 Å². The molecule has 1 aromatic carbocycles. The molecule has 0 bridgehead atoms. The van der Waals surface area contributed by atoms with Crippen LogP contribution in [0.3, 0.4) is 0 Å². The number of imidazole rings is 1. The molecule has 128 valence electrons. The van der Waals surface area contributed by atoms with E-state index in [2.05, 4.69) is 22.2 Å². The van der Waals surface area contributed by atoms with Gasteiger partial charge in [-0.1, -0.05) is 12.1 Å². The molecular formula is C20H17N5O. The summed E-state index contributed by atoms with van der Waals surface area (Å²) >= 11 is 0. The summed E-state index contributed by atoms with van der Waals surface area (Å²) in [6.07, 6.45) is 7.21. The lowest BCUT2D eigenvalue weighted by atomic mass is 10.0. The minimum atomic E-state index is -0.200. The van der Waals surface area contributed by atoms with E-state index >= 15 is 0 Å². The Morgan fingerprint density at radius 2 is 2.08 bits per heavy atom. The number of aryl methyl sites for hydroxylation is 1. The number of hydrogen-bond donors (Lipinski definition) is 1. The van der Waals surface area contributed by atoms with E-state index in [9.17, 15) is 0 Å². The molecule has 4 heterocycles. The van der Waals surface area contributed by atoms with Gasteiger partial charge in [-0.3, -0.25) is 9.38 Å². The van der Waals surface area contributed by atoms with Crippen LogP contribution in [0.25, 0.3) is 17.0 Å². The molecule has 26 heavy (non-hydrogen) atoms. The first kappa shape index (κ1) is 14.9. The van der Waals surface area contributed by atoms with Gasteiger partial charge in [-0.05, 0) is 36.8 Å². The molecule has 0 saturated carbocycles. The first-order valence-corrected chi connectivity index (χ1v) is 8.55. The summed E-state index contributed by atoms with van der Waals surface area (Å²) < 4.78 is 8.28. The summed E-state index contributed by atoms with van der Waals surface area (Å²) in [4.78, 5) is 13.4. The van der Waals surface area contributed by atoms with Crippen molar-refractivity contribution in [3.8, 4) is 17.0 Å². The van der Waals surface area contributed by atoms with Crippen LogP contribution in [-0.2, 0) is 0 Å². The minimum absolute atomic E-state index is 0.200. The second kappa shape index (κ2) is 5.84. The number of nitrogens with one attached hydrogen (secondary N) is 1. The van der Waals surface area contributed by atoms with Gasteiger partial charge in [0, 0.05) is 30.4 Å². The molecule has 0 saturated heterocycles. The van der Waals surface area contributed by atoms with Gasteiger partial charge in [-0.15, -0.1) is 0 Å². The molecule has 4 aromatic rings. The summed E-state index contributed by atoms with van der Waals surface area (Å²) in [6.45, 7) is 2.70. The Labute approximate surface area is 150 Å². The third-order valence-electron chi connectivity index (χ3n) is 4.65. The lowest BCUT2D eigenvalue weighted by Gasteiger charge is -2.27. The van der Waals surface area contributed by atoms with Crippen LogP contribution in [0.1, 0.15) is 17.4 Å². The number of hydrogen-bond acceptors (Lipinski definition) is 5. The van der Waals surface area contributed by atoms with Gasteiger partial charge in [0.15, 0.2) is 6.10 Å². The molecule has 0 radical (unpaired) electrons. The monoisotopic (exact) mass is 343 g/mol. The van der Waals surface area contributed by atoms with E-state index in [1.54, 1.807) is 12.4 Å². The van der Waals surface area contributed by atoms with E-state index in [1.165, 1.54) is 0 Å². The zero-order chi connectivity index (χ0) is 17.5. The highest BCUT2D eigenvalue weighted by atomic mass is 16.5. The van der Waals surface area contributed by atoms with Crippen molar-refractivity contribution in [3.63, 3.8) is 0 Å². The third kappa shape index (κ3) is 2.30. The van der Waals surface area contributed by atoms with Gasteiger partial charge < -0.3 is 10.1 Å². The molecule has 6 heteroatoms. The average Bonchev–Trinajstić information content (AvgIpc) is 3.07. The molecule has 0 spiro atoms. The summed E-state index contributed by atoms with van der Waals surface area (Å²) in [6, 6.07) is 11.9. The molecule has 0 aliphatic carbocycles. The fourth-order valence-electron chi connectivity index (χ4n) is 3.40. The van der Waals surface area contributed by atoms with Crippen molar-refractivity contribution >= 4 is 11.5 Å². The Kier molecular flexibility index (Phi) is 3.35. The second-order valence-electron chi connectivity index (χ2n) is 6.31. The van der Waals surface area contributed by atoms with E-state index in [1.807, 2.05) is 53.2 Å². The van der Waals surface area contributed by atoms with Crippen molar-refractivity contribution in [1.82, 2.24) is 19.4 Å². The fraction of sp³-hybridized carbons (Fsp3) is 0.150. The predicted octanol–water partition coefficient (Wildman–Crippen LogP) is 3.65. The molecule has 1 aliphatic rings. The average molecular weight is 343 g/mol. The van der Waals surface area contributed by atoms with Gasteiger partial charge in [0.2, 0.25) is 5.78 Å². The van der Waals surface area contributed by atoms with Gasteiger partial charge in [0.25, 0.3) is 0 Å². The zero-order valence-corrected chi connectivity index (χ0v) is 14.3. The second-order valence-corrected chi connectivity index (χ2v) is 6.31. The van der Waals surface area contributed by atoms with Crippen molar-refractivity contribution in [1.29, 1.82) is 0 Å².